The molecule has 302 valence electrons. The van der Waals surface area contributed by atoms with Crippen LogP contribution in [-0.2, 0) is 14.3 Å². The molecule has 0 aromatic heterocycles. The highest BCUT2D eigenvalue weighted by molar-refractivity contribution is 5.98. The zero-order chi connectivity index (χ0) is 41.0. The van der Waals surface area contributed by atoms with Crippen molar-refractivity contribution < 1.29 is 24.5 Å². The summed E-state index contributed by atoms with van der Waals surface area (Å²) in [6.07, 6.45) is 37.7. The summed E-state index contributed by atoms with van der Waals surface area (Å²) >= 11 is 0. The first-order chi connectivity index (χ1) is 25.9. The number of aliphatic hydroxyl groups excluding tert-OH is 2. The number of carbonyl (C=O) groups excluding carboxylic acids is 2. The highest BCUT2D eigenvalue weighted by Crippen LogP contribution is 2.43. The van der Waals surface area contributed by atoms with Gasteiger partial charge in [-0.1, -0.05) is 179 Å². The molecule has 2 aliphatic carbocycles. The molecular weight excluding hydrogens is 681 g/mol. The molecule has 2 aliphatic rings. The molecule has 2 N–H and O–H groups in total. The van der Waals surface area contributed by atoms with Gasteiger partial charge in [0.25, 0.3) is 0 Å². The molecule has 0 spiro atoms. The van der Waals surface area contributed by atoms with Crippen LogP contribution in [0.5, 0.6) is 0 Å². The Balaban J connectivity index is 2.07. The number of esters is 1. The number of allylic oxidation sites excluding steroid dienone is 18. The van der Waals surface area contributed by atoms with E-state index in [1.807, 2.05) is 56.4 Å². The third-order valence-corrected chi connectivity index (χ3v) is 10.7. The maximum absolute atomic E-state index is 13.7. The lowest BCUT2D eigenvalue weighted by Gasteiger charge is -2.38. The van der Waals surface area contributed by atoms with E-state index in [1.54, 1.807) is 6.08 Å². The van der Waals surface area contributed by atoms with Gasteiger partial charge in [0.05, 0.1) is 12.2 Å². The quantitative estimate of drug-likeness (QED) is 0.0425. The van der Waals surface area contributed by atoms with E-state index in [9.17, 15) is 19.8 Å². The van der Waals surface area contributed by atoms with E-state index in [2.05, 4.69) is 91.8 Å². The van der Waals surface area contributed by atoms with Gasteiger partial charge in [-0.25, -0.2) is 4.79 Å². The molecule has 55 heavy (non-hydrogen) atoms. The lowest BCUT2D eigenvalue weighted by Crippen LogP contribution is -2.32. The van der Waals surface area contributed by atoms with Gasteiger partial charge in [0.1, 0.15) is 6.61 Å². The Hall–Kier alpha value is -3.80. The molecule has 0 radical (unpaired) electrons. The maximum Gasteiger partial charge on any atom is 0.330 e. The molecule has 0 aromatic rings. The first-order valence-electron chi connectivity index (χ1n) is 20.5. The van der Waals surface area contributed by atoms with E-state index in [-0.39, 0.29) is 35.7 Å². The van der Waals surface area contributed by atoms with E-state index in [0.29, 0.717) is 24.3 Å². The van der Waals surface area contributed by atoms with Crippen molar-refractivity contribution >= 4 is 11.8 Å². The second-order valence-corrected chi connectivity index (χ2v) is 17.1. The zero-order valence-corrected chi connectivity index (χ0v) is 35.8. The first kappa shape index (κ1) is 47.4. The van der Waals surface area contributed by atoms with E-state index in [1.165, 1.54) is 36.5 Å². The second kappa shape index (κ2) is 24.0. The molecule has 0 saturated heterocycles. The van der Waals surface area contributed by atoms with Gasteiger partial charge in [0, 0.05) is 24.0 Å². The first-order valence-corrected chi connectivity index (χ1v) is 20.5. The Bertz CT molecular complexity index is 1620. The largest absolute Gasteiger partial charge is 0.458 e. The number of carbonyl (C=O) groups is 2. The molecule has 0 aliphatic heterocycles. The Morgan fingerprint density at radius 3 is 2.02 bits per heavy atom. The fraction of sp³-hybridized carbons (Fsp3) is 0.520. The Labute approximate surface area is 334 Å². The smallest absolute Gasteiger partial charge is 0.330 e. The Morgan fingerprint density at radius 1 is 0.800 bits per heavy atom. The van der Waals surface area contributed by atoms with E-state index in [0.717, 1.165) is 48.0 Å². The Morgan fingerprint density at radius 2 is 1.40 bits per heavy atom. The van der Waals surface area contributed by atoms with Crippen LogP contribution in [0.1, 0.15) is 133 Å². The van der Waals surface area contributed by atoms with Gasteiger partial charge < -0.3 is 14.9 Å². The van der Waals surface area contributed by atoms with Gasteiger partial charge >= 0.3 is 5.97 Å². The molecular formula is C50H72O5. The molecule has 0 heterocycles. The van der Waals surface area contributed by atoms with Gasteiger partial charge in [-0.2, -0.15) is 0 Å². The summed E-state index contributed by atoms with van der Waals surface area (Å²) in [7, 11) is 0. The Kier molecular flexibility index (Phi) is 20.6. The molecule has 5 heteroatoms. The summed E-state index contributed by atoms with van der Waals surface area (Å²) < 4.78 is 5.55. The molecule has 2 rings (SSSR count). The van der Waals surface area contributed by atoms with Crippen LogP contribution in [0.2, 0.25) is 0 Å². The maximum atomic E-state index is 13.7. The third-order valence-electron chi connectivity index (χ3n) is 10.7. The van der Waals surface area contributed by atoms with Crippen LogP contribution in [0.25, 0.3) is 0 Å². The van der Waals surface area contributed by atoms with Gasteiger partial charge in [0.2, 0.25) is 0 Å². The second-order valence-electron chi connectivity index (χ2n) is 17.1. The lowest BCUT2D eigenvalue weighted by atomic mass is 9.67. The van der Waals surface area contributed by atoms with Crippen LogP contribution < -0.4 is 0 Å². The van der Waals surface area contributed by atoms with Crippen LogP contribution in [0.3, 0.4) is 0 Å². The highest BCUT2D eigenvalue weighted by atomic mass is 16.5. The van der Waals surface area contributed by atoms with Gasteiger partial charge in [0.15, 0.2) is 5.78 Å². The summed E-state index contributed by atoms with van der Waals surface area (Å²) in [5.41, 5.74) is 6.81. The number of Topliss-reactive ketones (excluding diaryl/α,β-unsaturated/α-hetero) is 1. The van der Waals surface area contributed by atoms with Crippen LogP contribution in [0, 0.1) is 16.7 Å². The average Bonchev–Trinajstić information content (AvgIpc) is 3.08. The van der Waals surface area contributed by atoms with Gasteiger partial charge in [-0.05, 0) is 77.6 Å². The van der Waals surface area contributed by atoms with Crippen LogP contribution in [0.4, 0.5) is 0 Å². The van der Waals surface area contributed by atoms with E-state index >= 15 is 0 Å². The van der Waals surface area contributed by atoms with Crippen molar-refractivity contribution in [1.29, 1.82) is 0 Å². The highest BCUT2D eigenvalue weighted by Gasteiger charge is 2.35. The summed E-state index contributed by atoms with van der Waals surface area (Å²) in [6.45, 7) is 21.0. The minimum absolute atomic E-state index is 0.0223. The topological polar surface area (TPSA) is 83.8 Å². The molecule has 0 aromatic carbocycles. The predicted molar refractivity (Wildman–Crippen MR) is 232 cm³/mol. The number of aliphatic hydroxyl groups is 2. The van der Waals surface area contributed by atoms with Gasteiger partial charge in [-0.15, -0.1) is 0 Å². The van der Waals surface area contributed by atoms with Crippen molar-refractivity contribution in [2.24, 2.45) is 16.7 Å². The number of ether oxygens (including phenoxy) is 1. The standard InChI is InChI=1S/C50H72O5/c1-11-12-13-14-15-16-17-28-48(54)55-36-42(47(53)33-46-41(6)32-44(52)35-50(46,9)10)27-21-26-38(3)23-19-18-22-37(2)24-20-25-39(4)29-30-45-40(5)31-43(51)34-49(45,7)8/h17-31,43-45,51-52H,11-16,32-36H2,1-10H3/b19-18+,24-20+,26-21+,28-17+,30-29+,37-22+,38-23+,39-25+,42-27+/t43-,44+,45-/m0/s1. The van der Waals surface area contributed by atoms with Crippen molar-refractivity contribution in [3.63, 3.8) is 0 Å². The number of hydrogen-bond donors (Lipinski definition) is 2. The molecule has 0 bridgehead atoms. The minimum atomic E-state index is -0.441. The molecule has 0 amide bonds. The fourth-order valence-electron chi connectivity index (χ4n) is 7.62. The summed E-state index contributed by atoms with van der Waals surface area (Å²) in [4.78, 5) is 26.2. The van der Waals surface area contributed by atoms with Crippen molar-refractivity contribution in [2.45, 2.75) is 146 Å². The molecule has 3 atom stereocenters. The lowest BCUT2D eigenvalue weighted by molar-refractivity contribution is -0.137. The van der Waals surface area contributed by atoms with Crippen LogP contribution in [0.15, 0.2) is 130 Å². The monoisotopic (exact) mass is 753 g/mol. The summed E-state index contributed by atoms with van der Waals surface area (Å²) in [5, 5.41) is 20.5. The van der Waals surface area contributed by atoms with Crippen molar-refractivity contribution in [1.82, 2.24) is 0 Å². The number of ketones is 1. The van der Waals surface area contributed by atoms with Crippen molar-refractivity contribution in [3.05, 3.63) is 130 Å². The molecule has 0 saturated carbocycles. The number of unbranched alkanes of at least 4 members (excludes halogenated alkanes) is 5. The van der Waals surface area contributed by atoms with Gasteiger partial charge in [-0.3, -0.25) is 4.79 Å². The number of hydrogen-bond acceptors (Lipinski definition) is 5. The van der Waals surface area contributed by atoms with Crippen LogP contribution >= 0.6 is 0 Å². The zero-order valence-electron chi connectivity index (χ0n) is 35.8. The predicted octanol–water partition coefficient (Wildman–Crippen LogP) is 12.2. The normalized spacial score (nSPS) is 22.9. The average molecular weight is 753 g/mol. The third kappa shape index (κ3) is 18.1. The SMILES string of the molecule is CCCCCCC/C=C/C(=O)OC\C(=C/C=C/C(C)=C/C=C/C=C(C)/C=C/C=C(C)/C=C/[C@H]1C(C)=C[C@H](O)CC1(C)C)C(=O)CC1=C(C)C[C@@H](O)CC1(C)C. The summed E-state index contributed by atoms with van der Waals surface area (Å²) in [5.74, 6) is -0.205. The van der Waals surface area contributed by atoms with Crippen molar-refractivity contribution in [2.75, 3.05) is 6.61 Å². The number of rotatable bonds is 20. The van der Waals surface area contributed by atoms with E-state index in [4.69, 9.17) is 4.74 Å². The summed E-state index contributed by atoms with van der Waals surface area (Å²) in [6, 6.07) is 0. The molecule has 5 nitrogen and oxygen atoms in total. The molecule has 0 fully saturated rings. The van der Waals surface area contributed by atoms with Crippen LogP contribution in [-0.4, -0.2) is 40.8 Å². The van der Waals surface area contributed by atoms with Crippen molar-refractivity contribution in [3.8, 4) is 0 Å². The minimum Gasteiger partial charge on any atom is -0.458 e. The fourth-order valence-corrected chi connectivity index (χ4v) is 7.62. The van der Waals surface area contributed by atoms with E-state index < -0.39 is 12.1 Å². The molecule has 0 unspecified atom stereocenters.